The normalized spacial score (nSPS) is 18.4. The summed E-state index contributed by atoms with van der Waals surface area (Å²) in [6.07, 6.45) is 1.81. The summed E-state index contributed by atoms with van der Waals surface area (Å²) < 4.78 is 2.05. The van der Waals surface area contributed by atoms with Crippen LogP contribution in [0.2, 0.25) is 5.02 Å². The van der Waals surface area contributed by atoms with E-state index in [0.29, 0.717) is 10.7 Å². The van der Waals surface area contributed by atoms with Crippen LogP contribution in [0.1, 0.15) is 34.7 Å². The number of thiocarbonyl (C=S) groups is 1. The van der Waals surface area contributed by atoms with Gasteiger partial charge in [0.2, 0.25) is 0 Å². The third kappa shape index (κ3) is 4.20. The van der Waals surface area contributed by atoms with Crippen molar-refractivity contribution in [2.24, 2.45) is 0 Å². The highest BCUT2D eigenvalue weighted by Crippen LogP contribution is 2.42. The molecular weight excluding hydrogens is 442 g/mol. The Morgan fingerprint density at radius 2 is 1.97 bits per heavy atom. The molecule has 0 spiro atoms. The molecule has 8 heteroatoms. The van der Waals surface area contributed by atoms with Crippen molar-refractivity contribution in [2.45, 2.75) is 25.9 Å². The molecule has 0 saturated carbocycles. The zero-order chi connectivity index (χ0) is 23.0. The highest BCUT2D eigenvalue weighted by molar-refractivity contribution is 7.80. The predicted octanol–water partition coefficient (Wildman–Crippen LogP) is 4.38. The molecule has 2 aromatic heterocycles. The van der Waals surface area contributed by atoms with E-state index in [4.69, 9.17) is 23.8 Å². The molecule has 1 aliphatic heterocycles. The average Bonchev–Trinajstić information content (AvgIpc) is 3.24. The number of phenols is 1. The van der Waals surface area contributed by atoms with E-state index < -0.39 is 0 Å². The standard InChI is InChI=1S/C24H28ClN5OS/c1-15-13-18(16(2)30(15)20-14-17(25)8-9-21(20)31)23-22(19-7-5-6-10-26-19)27-24(32)29(23)12-11-28(3)4/h5-10,13-14,22-23,31H,11-12H2,1-4H3,(H,27,32)/t22-,23+/m0/s1. The molecule has 2 N–H and O–H groups in total. The first-order valence-electron chi connectivity index (χ1n) is 10.6. The maximum absolute atomic E-state index is 10.5. The second kappa shape index (κ2) is 9.10. The van der Waals surface area contributed by atoms with Crippen LogP contribution in [-0.2, 0) is 0 Å². The zero-order valence-electron chi connectivity index (χ0n) is 18.7. The fourth-order valence-electron chi connectivity index (χ4n) is 4.43. The SMILES string of the molecule is Cc1cc([C@@H]2[C@H](c3ccccn3)NC(=S)N2CCN(C)C)c(C)n1-c1cc(Cl)ccc1O. The Morgan fingerprint density at radius 1 is 1.19 bits per heavy atom. The van der Waals surface area contributed by atoms with Crippen LogP contribution in [0.4, 0.5) is 0 Å². The number of phenolic OH excluding ortho intramolecular Hbond substituents is 1. The van der Waals surface area contributed by atoms with Gasteiger partial charge in [0.1, 0.15) is 5.75 Å². The van der Waals surface area contributed by atoms with Crippen LogP contribution in [0.25, 0.3) is 5.69 Å². The molecule has 0 amide bonds. The quantitative estimate of drug-likeness (QED) is 0.522. The summed E-state index contributed by atoms with van der Waals surface area (Å²) in [4.78, 5) is 9.02. The summed E-state index contributed by atoms with van der Waals surface area (Å²) in [6.45, 7) is 5.78. The van der Waals surface area contributed by atoms with Crippen molar-refractivity contribution in [3.05, 3.63) is 76.3 Å². The Labute approximate surface area is 199 Å². The minimum absolute atomic E-state index is 0.0290. The molecule has 1 aliphatic rings. The molecule has 32 heavy (non-hydrogen) atoms. The van der Waals surface area contributed by atoms with Gasteiger partial charge < -0.3 is 24.8 Å². The van der Waals surface area contributed by atoms with Crippen LogP contribution < -0.4 is 5.32 Å². The van der Waals surface area contributed by atoms with Crippen LogP contribution in [0.5, 0.6) is 5.75 Å². The first-order valence-corrected chi connectivity index (χ1v) is 11.4. The number of rotatable bonds is 6. The second-order valence-corrected chi connectivity index (χ2v) is 9.24. The highest BCUT2D eigenvalue weighted by Gasteiger charge is 2.41. The maximum Gasteiger partial charge on any atom is 0.170 e. The summed E-state index contributed by atoms with van der Waals surface area (Å²) in [7, 11) is 4.12. The summed E-state index contributed by atoms with van der Waals surface area (Å²) in [6, 6.07) is 13.1. The molecule has 0 aliphatic carbocycles. The second-order valence-electron chi connectivity index (χ2n) is 8.42. The number of hydrogen-bond acceptors (Lipinski definition) is 4. The van der Waals surface area contributed by atoms with Gasteiger partial charge in [-0.1, -0.05) is 17.7 Å². The highest BCUT2D eigenvalue weighted by atomic mass is 35.5. The zero-order valence-corrected chi connectivity index (χ0v) is 20.3. The first kappa shape index (κ1) is 22.6. The van der Waals surface area contributed by atoms with Gasteiger partial charge in [-0.3, -0.25) is 4.98 Å². The fraction of sp³-hybridized carbons (Fsp3) is 0.333. The van der Waals surface area contributed by atoms with E-state index in [9.17, 15) is 5.11 Å². The number of hydrogen-bond donors (Lipinski definition) is 2. The third-order valence-electron chi connectivity index (χ3n) is 5.95. The number of likely N-dealkylation sites (N-methyl/N-ethyl adjacent to an activating group) is 1. The molecule has 1 fully saturated rings. The molecule has 4 rings (SSSR count). The van der Waals surface area contributed by atoms with E-state index in [1.807, 2.05) is 31.3 Å². The van der Waals surface area contributed by atoms with Gasteiger partial charge in [-0.05, 0) is 82.1 Å². The predicted molar refractivity (Wildman–Crippen MR) is 133 cm³/mol. The number of aryl methyl sites for hydroxylation is 1. The number of aromatic nitrogens is 2. The molecule has 0 bridgehead atoms. The molecule has 6 nitrogen and oxygen atoms in total. The van der Waals surface area contributed by atoms with Gasteiger partial charge in [0.05, 0.1) is 23.5 Å². The van der Waals surface area contributed by atoms with Crippen molar-refractivity contribution in [3.63, 3.8) is 0 Å². The molecule has 0 radical (unpaired) electrons. The molecule has 0 unspecified atom stereocenters. The van der Waals surface area contributed by atoms with Gasteiger partial charge in [-0.2, -0.15) is 0 Å². The Kier molecular flexibility index (Phi) is 6.42. The Morgan fingerprint density at radius 3 is 2.66 bits per heavy atom. The van der Waals surface area contributed by atoms with Gasteiger partial charge >= 0.3 is 0 Å². The number of nitrogens with zero attached hydrogens (tertiary/aromatic N) is 4. The number of nitrogens with one attached hydrogen (secondary N) is 1. The summed E-state index contributed by atoms with van der Waals surface area (Å²) in [5, 5.41) is 15.4. The van der Waals surface area contributed by atoms with E-state index in [-0.39, 0.29) is 17.8 Å². The number of benzene rings is 1. The van der Waals surface area contributed by atoms with Gasteiger partial charge in [0.15, 0.2) is 5.11 Å². The van der Waals surface area contributed by atoms with Crippen LogP contribution in [-0.4, -0.2) is 56.8 Å². The van der Waals surface area contributed by atoms with Crippen molar-refractivity contribution < 1.29 is 5.11 Å². The molecule has 3 aromatic rings. The first-order chi connectivity index (χ1) is 15.3. The Balaban J connectivity index is 1.83. The summed E-state index contributed by atoms with van der Waals surface area (Å²) in [5.74, 6) is 0.188. The molecule has 1 aromatic carbocycles. The van der Waals surface area contributed by atoms with Gasteiger partial charge in [0, 0.05) is 35.7 Å². The van der Waals surface area contributed by atoms with Crippen molar-refractivity contribution in [1.29, 1.82) is 0 Å². The van der Waals surface area contributed by atoms with Crippen molar-refractivity contribution in [2.75, 3.05) is 27.2 Å². The molecule has 1 saturated heterocycles. The minimum Gasteiger partial charge on any atom is -0.506 e. The lowest BCUT2D eigenvalue weighted by molar-refractivity contribution is 0.277. The number of pyridine rings is 1. The van der Waals surface area contributed by atoms with Gasteiger partial charge in [-0.25, -0.2) is 0 Å². The smallest absolute Gasteiger partial charge is 0.170 e. The Bertz CT molecular complexity index is 1130. The van der Waals surface area contributed by atoms with Crippen molar-refractivity contribution in [3.8, 4) is 11.4 Å². The lowest BCUT2D eigenvalue weighted by Gasteiger charge is -2.29. The van der Waals surface area contributed by atoms with Crippen LogP contribution >= 0.6 is 23.8 Å². The van der Waals surface area contributed by atoms with Crippen LogP contribution in [0.3, 0.4) is 0 Å². The van der Waals surface area contributed by atoms with E-state index in [1.54, 1.807) is 18.2 Å². The number of halogens is 1. The van der Waals surface area contributed by atoms with E-state index in [1.165, 1.54) is 0 Å². The largest absolute Gasteiger partial charge is 0.506 e. The topological polar surface area (TPSA) is 56.6 Å². The molecular formula is C24H28ClN5OS. The molecule has 3 heterocycles. The van der Waals surface area contributed by atoms with Crippen LogP contribution in [0.15, 0.2) is 48.7 Å². The van der Waals surface area contributed by atoms with Crippen molar-refractivity contribution >= 4 is 28.9 Å². The fourth-order valence-corrected chi connectivity index (χ4v) is 4.92. The van der Waals surface area contributed by atoms with E-state index in [2.05, 4.69) is 51.8 Å². The van der Waals surface area contributed by atoms with Gasteiger partial charge in [0.25, 0.3) is 0 Å². The average molecular weight is 470 g/mol. The maximum atomic E-state index is 10.5. The number of aromatic hydroxyl groups is 1. The third-order valence-corrected chi connectivity index (χ3v) is 6.54. The minimum atomic E-state index is -0.0761. The molecule has 168 valence electrons. The van der Waals surface area contributed by atoms with Crippen LogP contribution in [0, 0.1) is 13.8 Å². The van der Waals surface area contributed by atoms with E-state index >= 15 is 0 Å². The molecule has 2 atom stereocenters. The van der Waals surface area contributed by atoms with E-state index in [0.717, 1.165) is 40.8 Å². The van der Waals surface area contributed by atoms with Gasteiger partial charge in [-0.15, -0.1) is 0 Å². The Hall–Kier alpha value is -2.61. The monoisotopic (exact) mass is 469 g/mol. The summed E-state index contributed by atoms with van der Waals surface area (Å²) in [5.41, 5.74) is 4.81. The van der Waals surface area contributed by atoms with Crippen molar-refractivity contribution in [1.82, 2.24) is 24.7 Å². The summed E-state index contributed by atoms with van der Waals surface area (Å²) >= 11 is 12.0. The lowest BCUT2D eigenvalue weighted by Crippen LogP contribution is -2.35. The lowest BCUT2D eigenvalue weighted by atomic mass is 9.96.